The van der Waals surface area contributed by atoms with E-state index in [1.165, 1.54) is 0 Å². The van der Waals surface area contributed by atoms with Crippen molar-refractivity contribution >= 4 is 17.8 Å². The highest BCUT2D eigenvalue weighted by Gasteiger charge is 2.03. The van der Waals surface area contributed by atoms with Gasteiger partial charge in [-0.1, -0.05) is 49.9 Å². The van der Waals surface area contributed by atoms with Crippen molar-refractivity contribution in [2.45, 2.75) is 31.4 Å². The van der Waals surface area contributed by atoms with Gasteiger partial charge in [-0.15, -0.1) is 0 Å². The summed E-state index contributed by atoms with van der Waals surface area (Å²) in [4.78, 5) is 0.600. The zero-order valence-corrected chi connectivity index (χ0v) is 10.0. The second-order valence-corrected chi connectivity index (χ2v) is 3.51. The van der Waals surface area contributed by atoms with Crippen molar-refractivity contribution < 1.29 is 8.78 Å². The number of hydrogen-bond acceptors (Lipinski definition) is 1. The van der Waals surface area contributed by atoms with E-state index in [2.05, 4.69) is 0 Å². The van der Waals surface area contributed by atoms with Gasteiger partial charge < -0.3 is 0 Å². The van der Waals surface area contributed by atoms with Gasteiger partial charge >= 0.3 is 0 Å². The Morgan fingerprint density at radius 2 is 1.67 bits per heavy atom. The van der Waals surface area contributed by atoms with Gasteiger partial charge in [0.1, 0.15) is 0 Å². The van der Waals surface area contributed by atoms with E-state index < -0.39 is 5.76 Å². The Morgan fingerprint density at radius 1 is 1.13 bits per heavy atom. The molecule has 1 aromatic carbocycles. The summed E-state index contributed by atoms with van der Waals surface area (Å²) in [5.74, 6) is -2.34. The minimum Gasteiger partial charge on any atom is -0.198 e. The largest absolute Gasteiger partial charge is 0.288 e. The molecule has 0 spiro atoms. The van der Waals surface area contributed by atoms with Crippen LogP contribution in [0.25, 0.3) is 6.08 Å². The van der Waals surface area contributed by atoms with Crippen molar-refractivity contribution in [3.63, 3.8) is 0 Å². The number of allylic oxidation sites excluding steroid dienone is 1. The van der Waals surface area contributed by atoms with Crippen molar-refractivity contribution in [3.05, 3.63) is 35.9 Å². The molecule has 84 valence electrons. The highest BCUT2D eigenvalue weighted by atomic mass is 32.2. The Kier molecular flexibility index (Phi) is 8.01. The summed E-state index contributed by atoms with van der Waals surface area (Å²) < 4.78 is 23.8. The molecule has 0 aliphatic carbocycles. The van der Waals surface area contributed by atoms with Crippen LogP contribution in [-0.4, -0.2) is 5.76 Å². The van der Waals surface area contributed by atoms with Crippen LogP contribution in [-0.2, 0) is 0 Å². The molecule has 0 saturated carbocycles. The summed E-state index contributed by atoms with van der Waals surface area (Å²) >= 11 is 0.568. The summed E-state index contributed by atoms with van der Waals surface area (Å²) in [6.45, 7) is 5.92. The fourth-order valence-electron chi connectivity index (χ4n) is 0.953. The molecular formula is C12H16F2S. The highest BCUT2D eigenvalue weighted by molar-refractivity contribution is 7.99. The van der Waals surface area contributed by atoms with Crippen molar-refractivity contribution in [1.82, 2.24) is 0 Å². The Bertz CT molecular complexity index is 278. The molecule has 0 heterocycles. The van der Waals surface area contributed by atoms with Gasteiger partial charge in [0.2, 0.25) is 0 Å². The highest BCUT2D eigenvalue weighted by Crippen LogP contribution is 2.25. The molecule has 3 heteroatoms. The lowest BCUT2D eigenvalue weighted by molar-refractivity contribution is 0.252. The van der Waals surface area contributed by atoms with Crippen LogP contribution >= 0.6 is 11.8 Å². The van der Waals surface area contributed by atoms with Crippen LogP contribution in [0, 0.1) is 0 Å². The van der Waals surface area contributed by atoms with Gasteiger partial charge in [0, 0.05) is 4.90 Å². The van der Waals surface area contributed by atoms with Gasteiger partial charge in [-0.3, -0.25) is 0 Å². The van der Waals surface area contributed by atoms with Crippen molar-refractivity contribution in [3.8, 4) is 0 Å². The fourth-order valence-corrected chi connectivity index (χ4v) is 1.45. The standard InChI is InChI=1S/C10H10F2S.C2H6/c1-2-3-8-4-6-9(7-5-8)13-10(11)12;1-2/h2-7,10H,1H3;1-2H3/b3-2+;. The van der Waals surface area contributed by atoms with Crippen LogP contribution in [0.5, 0.6) is 0 Å². The monoisotopic (exact) mass is 230 g/mol. The van der Waals surface area contributed by atoms with Crippen LogP contribution in [0.4, 0.5) is 8.78 Å². The van der Waals surface area contributed by atoms with E-state index in [1.54, 1.807) is 12.1 Å². The summed E-state index contributed by atoms with van der Waals surface area (Å²) in [5.41, 5.74) is 1.03. The van der Waals surface area contributed by atoms with E-state index in [4.69, 9.17) is 0 Å². The van der Waals surface area contributed by atoms with Crippen molar-refractivity contribution in [1.29, 1.82) is 0 Å². The number of rotatable bonds is 3. The topological polar surface area (TPSA) is 0 Å². The van der Waals surface area contributed by atoms with Crippen molar-refractivity contribution in [2.24, 2.45) is 0 Å². The zero-order valence-electron chi connectivity index (χ0n) is 9.21. The third kappa shape index (κ3) is 6.28. The molecule has 0 aliphatic rings. The van der Waals surface area contributed by atoms with E-state index in [0.717, 1.165) is 5.56 Å². The number of thioether (sulfide) groups is 1. The molecule has 0 nitrogen and oxygen atoms in total. The lowest BCUT2D eigenvalue weighted by Crippen LogP contribution is -1.81. The number of alkyl halides is 2. The summed E-state index contributed by atoms with van der Waals surface area (Å²) in [7, 11) is 0. The maximum Gasteiger partial charge on any atom is 0.288 e. The molecule has 0 N–H and O–H groups in total. The first kappa shape index (κ1) is 14.2. The van der Waals surface area contributed by atoms with Gasteiger partial charge in [0.05, 0.1) is 0 Å². The summed E-state index contributed by atoms with van der Waals surface area (Å²) in [6.07, 6.45) is 3.84. The Balaban J connectivity index is 0.000000921. The van der Waals surface area contributed by atoms with E-state index in [-0.39, 0.29) is 0 Å². The first-order valence-corrected chi connectivity index (χ1v) is 5.78. The van der Waals surface area contributed by atoms with Crippen molar-refractivity contribution in [2.75, 3.05) is 0 Å². The van der Waals surface area contributed by atoms with E-state index in [1.807, 2.05) is 45.1 Å². The first-order chi connectivity index (χ1) is 7.22. The minimum atomic E-state index is -2.34. The normalized spacial score (nSPS) is 10.3. The van der Waals surface area contributed by atoms with E-state index in [0.29, 0.717) is 16.7 Å². The quantitative estimate of drug-likeness (QED) is 0.654. The van der Waals surface area contributed by atoms with Crippen LogP contribution in [0.15, 0.2) is 35.2 Å². The maximum atomic E-state index is 11.9. The minimum absolute atomic E-state index is 0.568. The molecule has 0 amide bonds. The predicted molar refractivity (Wildman–Crippen MR) is 64.4 cm³/mol. The lowest BCUT2D eigenvalue weighted by Gasteiger charge is -1.99. The Hall–Kier alpha value is -0.830. The maximum absolute atomic E-state index is 11.9. The van der Waals surface area contributed by atoms with Gasteiger partial charge in [-0.05, 0) is 24.6 Å². The summed E-state index contributed by atoms with van der Waals surface area (Å²) in [5, 5.41) is 0. The van der Waals surface area contributed by atoms with Gasteiger partial charge in [-0.2, -0.15) is 8.78 Å². The molecule has 0 fully saturated rings. The second-order valence-electron chi connectivity index (χ2n) is 2.45. The molecule has 0 bridgehead atoms. The number of halogens is 2. The lowest BCUT2D eigenvalue weighted by atomic mass is 10.2. The van der Waals surface area contributed by atoms with Crippen LogP contribution in [0.3, 0.4) is 0 Å². The zero-order chi connectivity index (χ0) is 11.7. The fraction of sp³-hybridized carbons (Fsp3) is 0.333. The van der Waals surface area contributed by atoms with Crippen LogP contribution in [0.1, 0.15) is 26.3 Å². The van der Waals surface area contributed by atoms with E-state index >= 15 is 0 Å². The molecule has 0 saturated heterocycles. The average Bonchev–Trinajstić information content (AvgIpc) is 2.24. The predicted octanol–water partition coefficient (Wildman–Crippen LogP) is 5.06. The van der Waals surface area contributed by atoms with Gasteiger partial charge in [-0.25, -0.2) is 0 Å². The van der Waals surface area contributed by atoms with E-state index in [9.17, 15) is 8.78 Å². The number of benzene rings is 1. The van der Waals surface area contributed by atoms with Gasteiger partial charge in [0.25, 0.3) is 5.76 Å². The SMILES string of the molecule is C/C=C/c1ccc(SC(F)F)cc1.CC. The molecule has 1 aromatic rings. The molecule has 0 atom stereocenters. The molecular weight excluding hydrogens is 214 g/mol. The third-order valence-electron chi connectivity index (χ3n) is 1.46. The summed E-state index contributed by atoms with van der Waals surface area (Å²) in [6, 6.07) is 7.05. The molecule has 0 aromatic heterocycles. The first-order valence-electron chi connectivity index (χ1n) is 4.90. The van der Waals surface area contributed by atoms with Crippen LogP contribution < -0.4 is 0 Å². The van der Waals surface area contributed by atoms with Crippen LogP contribution in [0.2, 0.25) is 0 Å². The second kappa shape index (κ2) is 8.48. The van der Waals surface area contributed by atoms with Gasteiger partial charge in [0.15, 0.2) is 0 Å². The molecule has 1 rings (SSSR count). The smallest absolute Gasteiger partial charge is 0.198 e. The number of hydrogen-bond donors (Lipinski definition) is 0. The molecule has 15 heavy (non-hydrogen) atoms. The Morgan fingerprint density at radius 3 is 2.07 bits per heavy atom. The molecule has 0 radical (unpaired) electrons. The average molecular weight is 230 g/mol. The Labute approximate surface area is 94.4 Å². The molecule has 0 unspecified atom stereocenters. The third-order valence-corrected chi connectivity index (χ3v) is 2.19. The molecule has 0 aliphatic heterocycles.